The highest BCUT2D eigenvalue weighted by molar-refractivity contribution is 5.79. The molecular weight excluding hydrogens is 444 g/mol. The van der Waals surface area contributed by atoms with Gasteiger partial charge in [0.25, 0.3) is 0 Å². The van der Waals surface area contributed by atoms with Crippen molar-refractivity contribution in [2.24, 2.45) is 0 Å². The summed E-state index contributed by atoms with van der Waals surface area (Å²) >= 11 is 0. The van der Waals surface area contributed by atoms with Crippen LogP contribution in [0, 0.1) is 0 Å². The number of rotatable bonds is 14. The van der Waals surface area contributed by atoms with Crippen LogP contribution in [0.2, 0.25) is 0 Å². The number of benzene rings is 2. The molecule has 0 fully saturated rings. The Kier molecular flexibility index (Phi) is 10.1. The molecule has 0 aromatic heterocycles. The van der Waals surface area contributed by atoms with Gasteiger partial charge in [-0.05, 0) is 47.9 Å². The standard InChI is InChI=1S/C28H36N2O5/c1-2-20(16-17-27(32)33)30-26(31)15-5-3-4-10-18-29-28(34)35-19-25-23-13-8-6-11-21(23)22-12-7-9-14-24(22)25/h6-9,11-14,20,25H,2-5,10,15-19H2,1H3,(H,29,34)(H,30,31)(H,32,33). The normalized spacial score (nSPS) is 12.9. The van der Waals surface area contributed by atoms with E-state index >= 15 is 0 Å². The molecule has 0 radical (unpaired) electrons. The molecule has 1 unspecified atom stereocenters. The van der Waals surface area contributed by atoms with Gasteiger partial charge in [0, 0.05) is 31.3 Å². The topological polar surface area (TPSA) is 105 Å². The summed E-state index contributed by atoms with van der Waals surface area (Å²) in [7, 11) is 0. The lowest BCUT2D eigenvalue weighted by Crippen LogP contribution is -2.34. The largest absolute Gasteiger partial charge is 0.481 e. The second-order valence-corrected chi connectivity index (χ2v) is 9.02. The smallest absolute Gasteiger partial charge is 0.407 e. The molecule has 2 amide bonds. The van der Waals surface area contributed by atoms with Crippen molar-refractivity contribution < 1.29 is 24.2 Å². The number of aliphatic carboxylic acids is 1. The van der Waals surface area contributed by atoms with Crippen molar-refractivity contribution in [1.82, 2.24) is 10.6 Å². The number of carboxylic acids is 1. The Morgan fingerprint density at radius 1 is 0.914 bits per heavy atom. The van der Waals surface area contributed by atoms with Gasteiger partial charge in [0.2, 0.25) is 5.91 Å². The molecule has 1 aliphatic carbocycles. The van der Waals surface area contributed by atoms with E-state index in [4.69, 9.17) is 9.84 Å². The number of unbranched alkanes of at least 4 members (excludes halogenated alkanes) is 3. The predicted octanol–water partition coefficient (Wildman–Crippen LogP) is 5.24. The number of nitrogens with one attached hydrogen (secondary N) is 2. The average molecular weight is 481 g/mol. The van der Waals surface area contributed by atoms with Crippen molar-refractivity contribution in [3.8, 4) is 11.1 Å². The fourth-order valence-electron chi connectivity index (χ4n) is 4.58. The molecule has 2 aromatic carbocycles. The van der Waals surface area contributed by atoms with E-state index in [1.165, 1.54) is 22.3 Å². The maximum absolute atomic E-state index is 12.2. The van der Waals surface area contributed by atoms with Gasteiger partial charge in [0.15, 0.2) is 0 Å². The molecule has 0 saturated heterocycles. The Balaban J connectivity index is 1.27. The first-order valence-electron chi connectivity index (χ1n) is 12.6. The summed E-state index contributed by atoms with van der Waals surface area (Å²) in [6.45, 7) is 2.78. The van der Waals surface area contributed by atoms with Crippen LogP contribution in [0.3, 0.4) is 0 Å². The van der Waals surface area contributed by atoms with Crippen LogP contribution in [0.25, 0.3) is 11.1 Å². The number of amides is 2. The van der Waals surface area contributed by atoms with E-state index in [1.807, 2.05) is 31.2 Å². The van der Waals surface area contributed by atoms with Gasteiger partial charge in [0.05, 0.1) is 0 Å². The van der Waals surface area contributed by atoms with Crippen molar-refractivity contribution in [2.45, 2.75) is 70.3 Å². The summed E-state index contributed by atoms with van der Waals surface area (Å²) < 4.78 is 5.54. The van der Waals surface area contributed by atoms with Crippen molar-refractivity contribution in [2.75, 3.05) is 13.2 Å². The van der Waals surface area contributed by atoms with Gasteiger partial charge in [-0.15, -0.1) is 0 Å². The number of alkyl carbamates (subject to hydrolysis) is 1. The molecule has 7 nitrogen and oxygen atoms in total. The lowest BCUT2D eigenvalue weighted by atomic mass is 9.98. The van der Waals surface area contributed by atoms with Gasteiger partial charge < -0.3 is 20.5 Å². The van der Waals surface area contributed by atoms with Crippen LogP contribution in [0.4, 0.5) is 4.79 Å². The summed E-state index contributed by atoms with van der Waals surface area (Å²) in [5.41, 5.74) is 4.79. The van der Waals surface area contributed by atoms with Crippen LogP contribution < -0.4 is 10.6 Å². The summed E-state index contributed by atoms with van der Waals surface area (Å²) in [6.07, 6.45) is 4.67. The third kappa shape index (κ3) is 7.84. The molecule has 0 spiro atoms. The molecule has 0 heterocycles. The molecule has 1 aliphatic rings. The summed E-state index contributed by atoms with van der Waals surface area (Å²) in [4.78, 5) is 34.9. The van der Waals surface area contributed by atoms with Gasteiger partial charge in [0.1, 0.15) is 6.61 Å². The van der Waals surface area contributed by atoms with Crippen LogP contribution in [0.1, 0.15) is 75.3 Å². The Hall–Kier alpha value is -3.35. The molecule has 0 saturated carbocycles. The predicted molar refractivity (Wildman–Crippen MR) is 135 cm³/mol. The van der Waals surface area contributed by atoms with Crippen LogP contribution in [-0.2, 0) is 14.3 Å². The van der Waals surface area contributed by atoms with Crippen molar-refractivity contribution >= 4 is 18.0 Å². The SMILES string of the molecule is CCC(CCC(=O)O)NC(=O)CCCCCCNC(=O)OCC1c2ccccc2-c2ccccc21. The zero-order valence-electron chi connectivity index (χ0n) is 20.4. The zero-order chi connectivity index (χ0) is 25.0. The third-order valence-electron chi connectivity index (χ3n) is 6.51. The summed E-state index contributed by atoms with van der Waals surface area (Å²) in [6, 6.07) is 16.4. The number of carbonyl (C=O) groups excluding carboxylic acids is 2. The van der Waals surface area contributed by atoms with E-state index < -0.39 is 12.1 Å². The fraction of sp³-hybridized carbons (Fsp3) is 0.464. The van der Waals surface area contributed by atoms with Gasteiger partial charge >= 0.3 is 12.1 Å². The number of carboxylic acid groups (broad SMARTS) is 1. The lowest BCUT2D eigenvalue weighted by Gasteiger charge is -2.16. The van der Waals surface area contributed by atoms with E-state index in [0.29, 0.717) is 26.0 Å². The molecule has 3 N–H and O–H groups in total. The molecule has 188 valence electrons. The molecule has 7 heteroatoms. The quantitative estimate of drug-likeness (QED) is 0.321. The minimum atomic E-state index is -0.843. The number of carbonyl (C=O) groups is 3. The van der Waals surface area contributed by atoms with Gasteiger partial charge in [-0.1, -0.05) is 68.3 Å². The second-order valence-electron chi connectivity index (χ2n) is 9.02. The van der Waals surface area contributed by atoms with Gasteiger partial charge in [-0.3, -0.25) is 9.59 Å². The number of hydrogen-bond donors (Lipinski definition) is 3. The molecule has 3 rings (SSSR count). The lowest BCUT2D eigenvalue weighted by molar-refractivity contribution is -0.137. The first kappa shape index (κ1) is 26.3. The number of ether oxygens (including phenoxy) is 1. The Bertz CT molecular complexity index is 961. The highest BCUT2D eigenvalue weighted by atomic mass is 16.5. The fourth-order valence-corrected chi connectivity index (χ4v) is 4.58. The molecule has 1 atom stereocenters. The van der Waals surface area contributed by atoms with E-state index in [0.717, 1.165) is 32.1 Å². The molecule has 0 aliphatic heterocycles. The minimum Gasteiger partial charge on any atom is -0.481 e. The van der Waals surface area contributed by atoms with E-state index in [9.17, 15) is 14.4 Å². The van der Waals surface area contributed by atoms with Crippen LogP contribution >= 0.6 is 0 Å². The van der Waals surface area contributed by atoms with E-state index in [2.05, 4.69) is 34.9 Å². The zero-order valence-corrected chi connectivity index (χ0v) is 20.4. The number of hydrogen-bond acceptors (Lipinski definition) is 4. The highest BCUT2D eigenvalue weighted by Gasteiger charge is 2.28. The van der Waals surface area contributed by atoms with Gasteiger partial charge in [-0.2, -0.15) is 0 Å². The summed E-state index contributed by atoms with van der Waals surface area (Å²) in [5.74, 6) is -0.820. The van der Waals surface area contributed by atoms with Gasteiger partial charge in [-0.25, -0.2) is 4.79 Å². The van der Waals surface area contributed by atoms with Crippen LogP contribution in [0.15, 0.2) is 48.5 Å². The summed E-state index contributed by atoms with van der Waals surface area (Å²) in [5, 5.41) is 14.5. The van der Waals surface area contributed by atoms with E-state index in [-0.39, 0.29) is 24.3 Å². The molecule has 0 bridgehead atoms. The Morgan fingerprint density at radius 2 is 1.54 bits per heavy atom. The Labute approximate surface area is 207 Å². The maximum atomic E-state index is 12.2. The molecular formula is C28H36N2O5. The maximum Gasteiger partial charge on any atom is 0.407 e. The van der Waals surface area contributed by atoms with Crippen molar-refractivity contribution in [1.29, 1.82) is 0 Å². The first-order chi connectivity index (χ1) is 17.0. The van der Waals surface area contributed by atoms with E-state index in [1.54, 1.807) is 0 Å². The van der Waals surface area contributed by atoms with Crippen LogP contribution in [-0.4, -0.2) is 42.3 Å². The monoisotopic (exact) mass is 480 g/mol. The van der Waals surface area contributed by atoms with Crippen LogP contribution in [0.5, 0.6) is 0 Å². The third-order valence-corrected chi connectivity index (χ3v) is 6.51. The Morgan fingerprint density at radius 3 is 2.17 bits per heavy atom. The van der Waals surface area contributed by atoms with Crippen molar-refractivity contribution in [3.63, 3.8) is 0 Å². The van der Waals surface area contributed by atoms with Crippen molar-refractivity contribution in [3.05, 3.63) is 59.7 Å². The highest BCUT2D eigenvalue weighted by Crippen LogP contribution is 2.44. The average Bonchev–Trinajstić information content (AvgIpc) is 3.18. The molecule has 35 heavy (non-hydrogen) atoms. The minimum absolute atomic E-state index is 0.0287. The number of fused-ring (bicyclic) bond motifs is 3. The first-order valence-corrected chi connectivity index (χ1v) is 12.6. The molecule has 2 aromatic rings. The second kappa shape index (κ2) is 13.5.